The summed E-state index contributed by atoms with van der Waals surface area (Å²) in [4.78, 5) is 13.7. The normalized spacial score (nSPS) is 20.6. The van der Waals surface area contributed by atoms with E-state index in [1.165, 1.54) is 6.07 Å². The van der Waals surface area contributed by atoms with Crippen LogP contribution in [0.15, 0.2) is 24.3 Å². The minimum Gasteiger partial charge on any atom is -0.386 e. The summed E-state index contributed by atoms with van der Waals surface area (Å²) in [6.45, 7) is 5.08. The van der Waals surface area contributed by atoms with Gasteiger partial charge in [0.1, 0.15) is 5.82 Å². The number of hydrogen-bond donors (Lipinski definition) is 1. The summed E-state index contributed by atoms with van der Waals surface area (Å²) in [5, 5.41) is 10.2. The standard InChI is InChI=1S/C16H22FNO2/c1-16(2)8-7-15(20)18(10-9-16)11-14(19)12-5-3-4-6-13(12)17/h3-6,14,19H,7-11H2,1-2H3. The van der Waals surface area contributed by atoms with E-state index >= 15 is 0 Å². The average molecular weight is 279 g/mol. The van der Waals surface area contributed by atoms with E-state index in [1.807, 2.05) is 0 Å². The molecule has 1 unspecified atom stereocenters. The molecule has 1 N–H and O–H groups in total. The van der Waals surface area contributed by atoms with E-state index in [2.05, 4.69) is 13.8 Å². The Hall–Kier alpha value is -1.42. The first-order chi connectivity index (χ1) is 9.39. The minimum atomic E-state index is -0.971. The van der Waals surface area contributed by atoms with E-state index in [0.717, 1.165) is 12.8 Å². The van der Waals surface area contributed by atoms with Crippen LogP contribution in [0.3, 0.4) is 0 Å². The molecule has 1 heterocycles. The maximum Gasteiger partial charge on any atom is 0.222 e. The van der Waals surface area contributed by atoms with Gasteiger partial charge >= 0.3 is 0 Å². The van der Waals surface area contributed by atoms with Gasteiger partial charge in [-0.2, -0.15) is 0 Å². The van der Waals surface area contributed by atoms with E-state index in [0.29, 0.717) is 13.0 Å². The summed E-state index contributed by atoms with van der Waals surface area (Å²) in [5.41, 5.74) is 0.400. The molecule has 0 spiro atoms. The summed E-state index contributed by atoms with van der Waals surface area (Å²) in [6.07, 6.45) is 1.29. The second kappa shape index (κ2) is 5.92. The van der Waals surface area contributed by atoms with Crippen LogP contribution in [0, 0.1) is 11.2 Å². The number of β-amino-alcohol motifs (C(OH)–C–C–N with tert-alkyl or cyclic N) is 1. The third kappa shape index (κ3) is 3.57. The first-order valence-electron chi connectivity index (χ1n) is 7.09. The molecule has 2 rings (SSSR count). The minimum absolute atomic E-state index is 0.0472. The average Bonchev–Trinajstić information content (AvgIpc) is 2.52. The molecule has 1 amide bonds. The van der Waals surface area contributed by atoms with E-state index in [-0.39, 0.29) is 23.4 Å². The van der Waals surface area contributed by atoms with Gasteiger partial charge in [0.25, 0.3) is 0 Å². The molecule has 1 saturated heterocycles. The highest BCUT2D eigenvalue weighted by atomic mass is 19.1. The second-order valence-corrected chi connectivity index (χ2v) is 6.29. The van der Waals surface area contributed by atoms with Crippen LogP contribution in [0.4, 0.5) is 4.39 Å². The third-order valence-electron chi connectivity index (χ3n) is 4.08. The van der Waals surface area contributed by atoms with Gasteiger partial charge in [-0.3, -0.25) is 4.79 Å². The van der Waals surface area contributed by atoms with Crippen LogP contribution in [-0.4, -0.2) is 29.0 Å². The molecule has 0 aromatic heterocycles. The molecule has 110 valence electrons. The Labute approximate surface area is 119 Å². The van der Waals surface area contributed by atoms with Crippen molar-refractivity contribution in [1.29, 1.82) is 0 Å². The zero-order chi connectivity index (χ0) is 14.8. The van der Waals surface area contributed by atoms with Crippen LogP contribution in [0.5, 0.6) is 0 Å². The number of rotatable bonds is 3. The Morgan fingerprint density at radius 1 is 1.35 bits per heavy atom. The number of benzene rings is 1. The van der Waals surface area contributed by atoms with Crippen molar-refractivity contribution in [2.24, 2.45) is 5.41 Å². The number of halogens is 1. The SMILES string of the molecule is CC1(C)CCC(=O)N(CC(O)c2ccccc2F)CC1. The van der Waals surface area contributed by atoms with Crippen LogP contribution in [-0.2, 0) is 4.79 Å². The molecule has 0 aliphatic carbocycles. The lowest BCUT2D eigenvalue weighted by atomic mass is 9.85. The van der Waals surface area contributed by atoms with Crippen LogP contribution >= 0.6 is 0 Å². The highest BCUT2D eigenvalue weighted by Gasteiger charge is 2.28. The summed E-state index contributed by atoms with van der Waals surface area (Å²) in [6, 6.07) is 6.16. The molecule has 1 aliphatic heterocycles. The van der Waals surface area contributed by atoms with Crippen LogP contribution < -0.4 is 0 Å². The summed E-state index contributed by atoms with van der Waals surface area (Å²) < 4.78 is 13.6. The zero-order valence-electron chi connectivity index (χ0n) is 12.1. The number of nitrogens with zero attached hydrogens (tertiary/aromatic N) is 1. The maximum absolute atomic E-state index is 13.6. The fourth-order valence-corrected chi connectivity index (χ4v) is 2.54. The van der Waals surface area contributed by atoms with Crippen molar-refractivity contribution in [3.05, 3.63) is 35.6 Å². The van der Waals surface area contributed by atoms with Crippen molar-refractivity contribution >= 4 is 5.91 Å². The van der Waals surface area contributed by atoms with Crippen molar-refractivity contribution in [3.63, 3.8) is 0 Å². The lowest BCUT2D eigenvalue weighted by Gasteiger charge is -2.25. The molecule has 1 fully saturated rings. The monoisotopic (exact) mass is 279 g/mol. The largest absolute Gasteiger partial charge is 0.386 e. The van der Waals surface area contributed by atoms with Gasteiger partial charge < -0.3 is 10.0 Å². The number of carbonyl (C=O) groups is 1. The first-order valence-corrected chi connectivity index (χ1v) is 7.09. The third-order valence-corrected chi connectivity index (χ3v) is 4.08. The van der Waals surface area contributed by atoms with E-state index < -0.39 is 11.9 Å². The van der Waals surface area contributed by atoms with Gasteiger partial charge in [0.15, 0.2) is 0 Å². The van der Waals surface area contributed by atoms with Crippen LogP contribution in [0.2, 0.25) is 0 Å². The number of hydrogen-bond acceptors (Lipinski definition) is 2. The number of aliphatic hydroxyl groups excluding tert-OH is 1. The predicted molar refractivity (Wildman–Crippen MR) is 75.6 cm³/mol. The molecule has 3 nitrogen and oxygen atoms in total. The lowest BCUT2D eigenvalue weighted by molar-refractivity contribution is -0.132. The van der Waals surface area contributed by atoms with Crippen molar-refractivity contribution < 1.29 is 14.3 Å². The summed E-state index contributed by atoms with van der Waals surface area (Å²) >= 11 is 0. The topological polar surface area (TPSA) is 40.5 Å². The molecular formula is C16H22FNO2. The molecule has 0 radical (unpaired) electrons. The van der Waals surface area contributed by atoms with Gasteiger partial charge in [-0.15, -0.1) is 0 Å². The molecule has 1 aromatic rings. The van der Waals surface area contributed by atoms with Gasteiger partial charge in [0.2, 0.25) is 5.91 Å². The Morgan fingerprint density at radius 3 is 2.75 bits per heavy atom. The van der Waals surface area contributed by atoms with E-state index in [4.69, 9.17) is 0 Å². The molecular weight excluding hydrogens is 257 g/mol. The second-order valence-electron chi connectivity index (χ2n) is 6.29. The van der Waals surface area contributed by atoms with Crippen molar-refractivity contribution in [1.82, 2.24) is 4.90 Å². The van der Waals surface area contributed by atoms with E-state index in [9.17, 15) is 14.3 Å². The molecule has 20 heavy (non-hydrogen) atoms. The number of likely N-dealkylation sites (tertiary alicyclic amines) is 1. The van der Waals surface area contributed by atoms with Crippen molar-refractivity contribution in [2.45, 2.75) is 39.2 Å². The molecule has 1 aromatic carbocycles. The van der Waals surface area contributed by atoms with Gasteiger partial charge in [0, 0.05) is 18.5 Å². The van der Waals surface area contributed by atoms with Gasteiger partial charge in [-0.25, -0.2) is 4.39 Å². The lowest BCUT2D eigenvalue weighted by Crippen LogP contribution is -2.34. The Bertz CT molecular complexity index is 487. The van der Waals surface area contributed by atoms with Crippen molar-refractivity contribution in [3.8, 4) is 0 Å². The molecule has 1 aliphatic rings. The van der Waals surface area contributed by atoms with Crippen LogP contribution in [0.25, 0.3) is 0 Å². The summed E-state index contributed by atoms with van der Waals surface area (Å²) in [7, 11) is 0. The van der Waals surface area contributed by atoms with Gasteiger partial charge in [-0.1, -0.05) is 32.0 Å². The van der Waals surface area contributed by atoms with Crippen molar-refractivity contribution in [2.75, 3.05) is 13.1 Å². The molecule has 0 bridgehead atoms. The highest BCUT2D eigenvalue weighted by molar-refractivity contribution is 5.76. The predicted octanol–water partition coefficient (Wildman–Crippen LogP) is 2.90. The molecule has 0 saturated carbocycles. The number of amides is 1. The zero-order valence-corrected chi connectivity index (χ0v) is 12.1. The summed E-state index contributed by atoms with van der Waals surface area (Å²) in [5.74, 6) is -0.381. The molecule has 4 heteroatoms. The van der Waals surface area contributed by atoms with Gasteiger partial charge in [-0.05, 0) is 24.3 Å². The fourth-order valence-electron chi connectivity index (χ4n) is 2.54. The number of aliphatic hydroxyl groups is 1. The highest BCUT2D eigenvalue weighted by Crippen LogP contribution is 2.31. The Kier molecular flexibility index (Phi) is 4.43. The Balaban J connectivity index is 2.05. The number of carbonyl (C=O) groups excluding carboxylic acids is 1. The fraction of sp³-hybridized carbons (Fsp3) is 0.562. The van der Waals surface area contributed by atoms with E-state index in [1.54, 1.807) is 23.1 Å². The van der Waals surface area contributed by atoms with Crippen LogP contribution in [0.1, 0.15) is 44.8 Å². The quantitative estimate of drug-likeness (QED) is 0.924. The maximum atomic E-state index is 13.6. The Morgan fingerprint density at radius 2 is 2.05 bits per heavy atom. The first kappa shape index (κ1) is 15.0. The van der Waals surface area contributed by atoms with Gasteiger partial charge in [0.05, 0.1) is 12.6 Å². The smallest absolute Gasteiger partial charge is 0.222 e. The molecule has 1 atom stereocenters.